The van der Waals surface area contributed by atoms with Gasteiger partial charge in [0.15, 0.2) is 0 Å². The van der Waals surface area contributed by atoms with Gasteiger partial charge in [0.25, 0.3) is 0 Å². The Kier molecular flexibility index (Phi) is 6.98. The average molecular weight is 314 g/mol. The molecule has 3 unspecified atom stereocenters. The van der Waals surface area contributed by atoms with Gasteiger partial charge in [-0.3, -0.25) is 0 Å². The monoisotopic (exact) mass is 313 g/mol. The molecular weight excluding hydrogens is 286 g/mol. The molecule has 0 saturated heterocycles. The van der Waals surface area contributed by atoms with Gasteiger partial charge in [0, 0.05) is 11.1 Å². The zero-order valence-corrected chi connectivity index (χ0v) is 14.4. The lowest BCUT2D eigenvalue weighted by Gasteiger charge is -2.24. The summed E-state index contributed by atoms with van der Waals surface area (Å²) in [7, 11) is 1.68. The Morgan fingerprint density at radius 3 is 2.29 bits per heavy atom. The minimum atomic E-state index is -0.517. The third-order valence-electron chi connectivity index (χ3n) is 4.03. The van der Waals surface area contributed by atoms with E-state index in [4.69, 9.17) is 22.1 Å². The molecule has 0 saturated carbocycles. The van der Waals surface area contributed by atoms with E-state index in [0.717, 1.165) is 23.3 Å². The Bertz CT molecular complexity index is 462. The highest BCUT2D eigenvalue weighted by Crippen LogP contribution is 2.38. The molecule has 0 spiro atoms. The summed E-state index contributed by atoms with van der Waals surface area (Å²) in [5, 5.41) is 10.9. The molecule has 1 rings (SSSR count). The number of ether oxygens (including phenoxy) is 1. The quantitative estimate of drug-likeness (QED) is 0.798. The lowest BCUT2D eigenvalue weighted by Crippen LogP contribution is -2.34. The normalized spacial score (nSPS) is 15.9. The third-order valence-corrected chi connectivity index (χ3v) is 4.25. The first-order chi connectivity index (χ1) is 9.81. The van der Waals surface area contributed by atoms with Crippen molar-refractivity contribution in [3.8, 4) is 5.75 Å². The van der Waals surface area contributed by atoms with Crippen LogP contribution in [0.5, 0.6) is 5.75 Å². The number of hydrogen-bond acceptors (Lipinski definition) is 3. The van der Waals surface area contributed by atoms with Gasteiger partial charge in [-0.2, -0.15) is 0 Å². The molecule has 1 aromatic rings. The van der Waals surface area contributed by atoms with Gasteiger partial charge in [0.2, 0.25) is 0 Å². The van der Waals surface area contributed by atoms with E-state index < -0.39 is 6.10 Å². The number of aliphatic hydroxyl groups excluding tert-OH is 1. The Labute approximate surface area is 133 Å². The molecule has 0 aliphatic rings. The van der Waals surface area contributed by atoms with Gasteiger partial charge in [-0.1, -0.05) is 39.3 Å². The van der Waals surface area contributed by atoms with E-state index in [1.54, 1.807) is 7.11 Å². The van der Waals surface area contributed by atoms with Crippen LogP contribution >= 0.6 is 11.6 Å². The van der Waals surface area contributed by atoms with Gasteiger partial charge in [0.05, 0.1) is 13.2 Å². The molecule has 0 aliphatic carbocycles. The van der Waals surface area contributed by atoms with Crippen LogP contribution in [0.1, 0.15) is 63.5 Å². The second-order valence-corrected chi connectivity index (χ2v) is 6.48. The molecule has 21 heavy (non-hydrogen) atoms. The third kappa shape index (κ3) is 4.60. The second kappa shape index (κ2) is 8.02. The molecular formula is C17H28ClNO2. The van der Waals surface area contributed by atoms with Gasteiger partial charge >= 0.3 is 0 Å². The topological polar surface area (TPSA) is 55.5 Å². The maximum absolute atomic E-state index is 10.2. The summed E-state index contributed by atoms with van der Waals surface area (Å²) in [6.45, 7) is 8.29. The number of benzene rings is 1. The summed E-state index contributed by atoms with van der Waals surface area (Å²) in [5.74, 6) is 1.33. The first-order valence-corrected chi connectivity index (χ1v) is 8.00. The van der Waals surface area contributed by atoms with Crippen molar-refractivity contribution in [1.29, 1.82) is 0 Å². The van der Waals surface area contributed by atoms with Gasteiger partial charge in [-0.05, 0) is 47.9 Å². The van der Waals surface area contributed by atoms with Crippen molar-refractivity contribution in [3.05, 3.63) is 28.3 Å². The molecule has 4 heteroatoms. The lowest BCUT2D eigenvalue weighted by atomic mass is 9.88. The van der Waals surface area contributed by atoms with Crippen LogP contribution in [0.2, 0.25) is 5.02 Å². The van der Waals surface area contributed by atoms with Crippen molar-refractivity contribution in [2.75, 3.05) is 7.11 Å². The summed E-state index contributed by atoms with van der Waals surface area (Å²) >= 11 is 6.25. The molecule has 3 atom stereocenters. The summed E-state index contributed by atoms with van der Waals surface area (Å²) in [6, 6.07) is 3.69. The van der Waals surface area contributed by atoms with E-state index in [-0.39, 0.29) is 12.0 Å². The van der Waals surface area contributed by atoms with Crippen molar-refractivity contribution in [1.82, 2.24) is 0 Å². The Balaban J connectivity index is 3.11. The SMILES string of the molecule is CCC(N)C(O)CC(C)c1cc(Cl)cc(C(C)C)c1OC. The smallest absolute Gasteiger partial charge is 0.125 e. The molecule has 0 aliphatic heterocycles. The van der Waals surface area contributed by atoms with Crippen molar-refractivity contribution < 1.29 is 9.84 Å². The molecule has 120 valence electrons. The predicted molar refractivity (Wildman–Crippen MR) is 89.4 cm³/mol. The highest BCUT2D eigenvalue weighted by Gasteiger charge is 2.22. The van der Waals surface area contributed by atoms with Crippen LogP contribution in [0.25, 0.3) is 0 Å². The van der Waals surface area contributed by atoms with Gasteiger partial charge in [-0.25, -0.2) is 0 Å². The summed E-state index contributed by atoms with van der Waals surface area (Å²) in [6.07, 6.45) is 0.845. The molecule has 0 heterocycles. The summed E-state index contributed by atoms with van der Waals surface area (Å²) < 4.78 is 5.61. The molecule has 0 aromatic heterocycles. The number of hydrogen-bond donors (Lipinski definition) is 2. The van der Waals surface area contributed by atoms with Crippen molar-refractivity contribution >= 4 is 11.6 Å². The van der Waals surface area contributed by atoms with Crippen molar-refractivity contribution in [3.63, 3.8) is 0 Å². The number of nitrogens with two attached hydrogens (primary N) is 1. The molecule has 0 amide bonds. The fourth-order valence-electron chi connectivity index (χ4n) is 2.60. The van der Waals surface area contributed by atoms with Crippen LogP contribution in [0.3, 0.4) is 0 Å². The van der Waals surface area contributed by atoms with Crippen LogP contribution in [0.4, 0.5) is 0 Å². The first kappa shape index (κ1) is 18.3. The van der Waals surface area contributed by atoms with E-state index in [1.807, 2.05) is 19.1 Å². The molecule has 3 nitrogen and oxygen atoms in total. The fourth-order valence-corrected chi connectivity index (χ4v) is 2.84. The molecule has 0 fully saturated rings. The number of methoxy groups -OCH3 is 1. The first-order valence-electron chi connectivity index (χ1n) is 7.62. The van der Waals surface area contributed by atoms with E-state index in [9.17, 15) is 5.11 Å². The van der Waals surface area contributed by atoms with Crippen LogP contribution in [-0.2, 0) is 0 Å². The average Bonchev–Trinajstić information content (AvgIpc) is 2.44. The van der Waals surface area contributed by atoms with Gasteiger partial charge < -0.3 is 15.6 Å². The standard InChI is InChI=1S/C17H28ClNO2/c1-6-15(19)16(20)7-11(4)14-9-12(18)8-13(10(2)3)17(14)21-5/h8-11,15-16,20H,6-7,19H2,1-5H3. The maximum atomic E-state index is 10.2. The van der Waals surface area contributed by atoms with Crippen LogP contribution in [0, 0.1) is 0 Å². The van der Waals surface area contributed by atoms with Crippen molar-refractivity contribution in [2.24, 2.45) is 5.73 Å². The number of aliphatic hydroxyl groups is 1. The van der Waals surface area contributed by atoms with E-state index in [0.29, 0.717) is 17.4 Å². The van der Waals surface area contributed by atoms with E-state index >= 15 is 0 Å². The summed E-state index contributed by atoms with van der Waals surface area (Å²) in [5.41, 5.74) is 8.05. The van der Waals surface area contributed by atoms with Crippen molar-refractivity contribution in [2.45, 2.75) is 64.5 Å². The van der Waals surface area contributed by atoms with E-state index in [2.05, 4.69) is 20.8 Å². The van der Waals surface area contributed by atoms with Gasteiger partial charge in [-0.15, -0.1) is 0 Å². The molecule has 0 bridgehead atoms. The van der Waals surface area contributed by atoms with Gasteiger partial charge in [0.1, 0.15) is 5.75 Å². The fraction of sp³-hybridized carbons (Fsp3) is 0.647. The van der Waals surface area contributed by atoms with Crippen LogP contribution in [-0.4, -0.2) is 24.4 Å². The minimum Gasteiger partial charge on any atom is -0.496 e. The zero-order chi connectivity index (χ0) is 16.2. The highest BCUT2D eigenvalue weighted by atomic mass is 35.5. The Morgan fingerprint density at radius 2 is 1.81 bits per heavy atom. The second-order valence-electron chi connectivity index (χ2n) is 6.05. The highest BCUT2D eigenvalue weighted by molar-refractivity contribution is 6.30. The van der Waals surface area contributed by atoms with Crippen LogP contribution < -0.4 is 10.5 Å². The maximum Gasteiger partial charge on any atom is 0.125 e. The van der Waals surface area contributed by atoms with E-state index in [1.165, 1.54) is 0 Å². The summed E-state index contributed by atoms with van der Waals surface area (Å²) in [4.78, 5) is 0. The predicted octanol–water partition coefficient (Wildman–Crippen LogP) is 4.06. The number of halogens is 1. The Morgan fingerprint density at radius 1 is 1.24 bits per heavy atom. The van der Waals surface area contributed by atoms with Crippen LogP contribution in [0.15, 0.2) is 12.1 Å². The molecule has 3 N–H and O–H groups in total. The molecule has 0 radical (unpaired) electrons. The Hall–Kier alpha value is -0.770. The lowest BCUT2D eigenvalue weighted by molar-refractivity contribution is 0.126. The molecule has 1 aromatic carbocycles. The number of rotatable bonds is 7. The largest absolute Gasteiger partial charge is 0.496 e. The zero-order valence-electron chi connectivity index (χ0n) is 13.7. The minimum absolute atomic E-state index is 0.128.